The molecule has 2 aromatic heterocycles. The summed E-state index contributed by atoms with van der Waals surface area (Å²) in [5.41, 5.74) is 10.7. The largest absolute Gasteiger partial charge is 0.393 e. The van der Waals surface area contributed by atoms with Gasteiger partial charge in [0.25, 0.3) is 5.56 Å². The number of aliphatic hydroxyl groups is 1. The second-order valence-corrected chi connectivity index (χ2v) is 9.52. The molecular formula is C28H42N10O5. The van der Waals surface area contributed by atoms with Crippen LogP contribution in [0.25, 0.3) is 11.4 Å². The molecule has 15 nitrogen and oxygen atoms in total. The van der Waals surface area contributed by atoms with Gasteiger partial charge >= 0.3 is 5.69 Å². The number of H-pyrrole nitrogens is 1. The van der Waals surface area contributed by atoms with Gasteiger partial charge in [0, 0.05) is 44.4 Å². The standard InChI is InChI=1S/C14H19N3O.C10H12N2O4.C4H11N5/c1-3-17(4-2)11-10-13-15-14(16-18-13)12-8-6-5-7-9-12;1-6-4-12(10(15)11-9(6)14)8-3-2-7(5-13)16-8;1-9(2)4(7)8-3(5)6/h5-9H,3-4,10-11H2,1-2H3;2-4,7-8,13H,5H2,1H3,(H,11,14,15);1-2H3,(H5,5,6,7,8)/t;7-,8+;/m.0./s1. The molecule has 0 fully saturated rings. The van der Waals surface area contributed by atoms with E-state index in [1.807, 2.05) is 30.3 Å². The van der Waals surface area contributed by atoms with Crippen molar-refractivity contribution < 1.29 is 14.4 Å². The smallest absolute Gasteiger partial charge is 0.330 e. The number of hydrogen-bond donors (Lipinski definition) is 5. The minimum Gasteiger partial charge on any atom is -0.393 e. The third-order valence-corrected chi connectivity index (χ3v) is 6.13. The van der Waals surface area contributed by atoms with Crippen molar-refractivity contribution in [3.8, 4) is 11.4 Å². The monoisotopic (exact) mass is 598 g/mol. The summed E-state index contributed by atoms with van der Waals surface area (Å²) in [6.45, 7) is 8.86. The van der Waals surface area contributed by atoms with Crippen molar-refractivity contribution in [1.82, 2.24) is 29.5 Å². The van der Waals surface area contributed by atoms with Gasteiger partial charge in [0.1, 0.15) is 6.10 Å². The van der Waals surface area contributed by atoms with Crippen LogP contribution in [0.15, 0.2) is 67.8 Å². The Hall–Kier alpha value is -4.60. The van der Waals surface area contributed by atoms with Gasteiger partial charge in [0.15, 0.2) is 12.2 Å². The maximum absolute atomic E-state index is 11.5. The summed E-state index contributed by atoms with van der Waals surface area (Å²) in [5, 5.41) is 19.6. The lowest BCUT2D eigenvalue weighted by Crippen LogP contribution is -2.33. The predicted octanol–water partition coefficient (Wildman–Crippen LogP) is 0.668. The number of aliphatic imine (C=N–C) groups is 1. The van der Waals surface area contributed by atoms with E-state index in [0.717, 1.165) is 31.6 Å². The summed E-state index contributed by atoms with van der Waals surface area (Å²) < 4.78 is 11.9. The third-order valence-electron chi connectivity index (χ3n) is 6.13. The number of rotatable bonds is 8. The number of nitrogens with zero attached hydrogens (tertiary/aromatic N) is 6. The average molecular weight is 599 g/mol. The topological polar surface area (TPSA) is 218 Å². The summed E-state index contributed by atoms with van der Waals surface area (Å²) in [7, 11) is 3.45. The molecule has 234 valence electrons. The molecule has 0 spiro atoms. The van der Waals surface area contributed by atoms with Crippen molar-refractivity contribution in [3.63, 3.8) is 0 Å². The number of nitrogens with two attached hydrogens (primary N) is 2. The number of ether oxygens (including phenoxy) is 1. The van der Waals surface area contributed by atoms with Crippen LogP contribution in [0.2, 0.25) is 0 Å². The van der Waals surface area contributed by atoms with E-state index in [2.05, 4.69) is 38.9 Å². The van der Waals surface area contributed by atoms with Crippen molar-refractivity contribution in [1.29, 1.82) is 5.41 Å². The van der Waals surface area contributed by atoms with Crippen LogP contribution >= 0.6 is 0 Å². The second kappa shape index (κ2) is 17.4. The Morgan fingerprint density at radius 2 is 1.84 bits per heavy atom. The molecule has 3 heterocycles. The summed E-state index contributed by atoms with van der Waals surface area (Å²) in [4.78, 5) is 36.6. The Kier molecular flexibility index (Phi) is 14.0. The maximum atomic E-state index is 11.5. The van der Waals surface area contributed by atoms with Crippen LogP contribution in [-0.2, 0) is 11.2 Å². The van der Waals surface area contributed by atoms with Crippen molar-refractivity contribution in [2.45, 2.75) is 39.5 Å². The first kappa shape index (κ1) is 34.6. The Balaban J connectivity index is 0.000000238. The van der Waals surface area contributed by atoms with E-state index in [4.69, 9.17) is 31.2 Å². The third kappa shape index (κ3) is 11.3. The molecule has 0 saturated heterocycles. The molecule has 2 atom stereocenters. The lowest BCUT2D eigenvalue weighted by Gasteiger charge is -2.15. The zero-order valence-corrected chi connectivity index (χ0v) is 25.2. The van der Waals surface area contributed by atoms with Gasteiger partial charge in [-0.15, -0.1) is 0 Å². The van der Waals surface area contributed by atoms with Gasteiger partial charge in [-0.25, -0.2) is 4.79 Å². The van der Waals surface area contributed by atoms with E-state index >= 15 is 0 Å². The molecule has 0 aliphatic carbocycles. The van der Waals surface area contributed by atoms with Crippen LogP contribution in [-0.4, -0.2) is 93.0 Å². The quantitative estimate of drug-likeness (QED) is 0.138. The Morgan fingerprint density at radius 3 is 2.37 bits per heavy atom. The predicted molar refractivity (Wildman–Crippen MR) is 165 cm³/mol. The van der Waals surface area contributed by atoms with Crippen molar-refractivity contribution in [3.05, 3.63) is 81.0 Å². The summed E-state index contributed by atoms with van der Waals surface area (Å²) >= 11 is 0. The summed E-state index contributed by atoms with van der Waals surface area (Å²) in [6, 6.07) is 9.89. The SMILES string of the molecule is CCN(CC)CCc1nc(-c2ccccc2)no1.CN(C)C(N)=NC(=N)N.Cc1cn([C@H]2C=C[C@@H](CO)O2)c(=O)[nH]c1=O. The van der Waals surface area contributed by atoms with E-state index in [0.29, 0.717) is 17.3 Å². The van der Waals surface area contributed by atoms with E-state index < -0.39 is 23.6 Å². The highest BCUT2D eigenvalue weighted by atomic mass is 16.5. The molecule has 7 N–H and O–H groups in total. The molecule has 0 radical (unpaired) electrons. The van der Waals surface area contributed by atoms with Gasteiger partial charge in [0.05, 0.1) is 6.61 Å². The van der Waals surface area contributed by atoms with Crippen molar-refractivity contribution in [2.24, 2.45) is 16.5 Å². The Bertz CT molecular complexity index is 1460. The molecule has 1 aliphatic heterocycles. The van der Waals surface area contributed by atoms with Crippen LogP contribution in [0.3, 0.4) is 0 Å². The number of aryl methyl sites for hydroxylation is 1. The first-order valence-corrected chi connectivity index (χ1v) is 13.7. The van der Waals surface area contributed by atoms with E-state index in [-0.39, 0.29) is 18.5 Å². The number of likely N-dealkylation sites (N-methyl/N-ethyl adjacent to an activating group) is 1. The van der Waals surface area contributed by atoms with Gasteiger partial charge in [-0.2, -0.15) is 9.98 Å². The molecule has 3 aromatic rings. The number of aliphatic hydroxyl groups excluding tert-OH is 1. The minimum absolute atomic E-state index is 0.135. The molecule has 4 rings (SSSR count). The molecule has 1 aliphatic rings. The van der Waals surface area contributed by atoms with Crippen molar-refractivity contribution >= 4 is 11.9 Å². The molecule has 0 saturated carbocycles. The molecule has 15 heteroatoms. The lowest BCUT2D eigenvalue weighted by molar-refractivity contribution is -0.0104. The molecule has 1 aromatic carbocycles. The Labute approximate surface area is 250 Å². The molecule has 43 heavy (non-hydrogen) atoms. The van der Waals surface area contributed by atoms with Gasteiger partial charge in [0.2, 0.25) is 17.7 Å². The van der Waals surface area contributed by atoms with Crippen LogP contribution < -0.4 is 22.7 Å². The van der Waals surface area contributed by atoms with Crippen molar-refractivity contribution in [2.75, 3.05) is 40.3 Å². The number of nitrogens with one attached hydrogen (secondary N) is 2. The maximum Gasteiger partial charge on any atom is 0.330 e. The molecular weight excluding hydrogens is 556 g/mol. The number of aromatic nitrogens is 4. The first-order chi connectivity index (χ1) is 20.5. The molecule has 0 amide bonds. The fraction of sp³-hybridized carbons (Fsp3) is 0.429. The first-order valence-electron chi connectivity index (χ1n) is 13.7. The van der Waals surface area contributed by atoms with Gasteiger partial charge < -0.3 is 35.6 Å². The number of aromatic amines is 1. The zero-order chi connectivity index (χ0) is 31.9. The normalized spacial score (nSPS) is 15.8. The van der Waals surface area contributed by atoms with Crippen LogP contribution in [0.4, 0.5) is 0 Å². The van der Waals surface area contributed by atoms with Gasteiger partial charge in [-0.3, -0.25) is 19.8 Å². The molecule has 0 unspecified atom stereocenters. The summed E-state index contributed by atoms with van der Waals surface area (Å²) in [5.74, 6) is 1.34. The average Bonchev–Trinajstić information content (AvgIpc) is 3.66. The Morgan fingerprint density at radius 1 is 1.16 bits per heavy atom. The highest BCUT2D eigenvalue weighted by Crippen LogP contribution is 2.19. The fourth-order valence-corrected chi connectivity index (χ4v) is 3.60. The minimum atomic E-state index is -0.569. The highest BCUT2D eigenvalue weighted by molar-refractivity contribution is 5.91. The van der Waals surface area contributed by atoms with Crippen LogP contribution in [0, 0.1) is 12.3 Å². The fourth-order valence-electron chi connectivity index (χ4n) is 3.60. The summed E-state index contributed by atoms with van der Waals surface area (Å²) in [6.07, 6.45) is 4.62. The van der Waals surface area contributed by atoms with Gasteiger partial charge in [-0.05, 0) is 26.1 Å². The number of guanidine groups is 2. The number of hydrogen-bond acceptors (Lipinski definition) is 9. The van der Waals surface area contributed by atoms with Gasteiger partial charge in [-0.1, -0.05) is 55.4 Å². The van der Waals surface area contributed by atoms with Crippen LogP contribution in [0.5, 0.6) is 0 Å². The van der Waals surface area contributed by atoms with E-state index in [1.165, 1.54) is 10.8 Å². The zero-order valence-electron chi connectivity index (χ0n) is 25.2. The van der Waals surface area contributed by atoms with Crippen LogP contribution in [0.1, 0.15) is 31.5 Å². The van der Waals surface area contributed by atoms with E-state index in [9.17, 15) is 9.59 Å². The van der Waals surface area contributed by atoms with E-state index in [1.54, 1.807) is 38.1 Å². The highest BCUT2D eigenvalue weighted by Gasteiger charge is 2.21. The number of benzene rings is 1. The lowest BCUT2D eigenvalue weighted by atomic mass is 10.2. The molecule has 0 bridgehead atoms. The second-order valence-electron chi connectivity index (χ2n) is 9.52.